The Morgan fingerprint density at radius 3 is 2.18 bits per heavy atom. The Bertz CT molecular complexity index is 408. The summed E-state index contributed by atoms with van der Waals surface area (Å²) >= 11 is 0. The monoisotopic (exact) mass is 232 g/mol. The smallest absolute Gasteiger partial charge is 0.120 e. The maximum atomic E-state index is 5.94. The molecule has 17 heavy (non-hydrogen) atoms. The quantitative estimate of drug-likeness (QED) is 0.711. The molecule has 1 aromatic carbocycles. The molecule has 0 amide bonds. The van der Waals surface area contributed by atoms with E-state index >= 15 is 0 Å². The molecule has 0 aliphatic heterocycles. The molecule has 0 aliphatic rings. The number of allylic oxidation sites excluding steroid dienone is 1. The van der Waals surface area contributed by atoms with E-state index in [9.17, 15) is 0 Å². The van der Waals surface area contributed by atoms with Crippen LogP contribution in [0.2, 0.25) is 0 Å². The fraction of sp³-hybridized carbons (Fsp3) is 0.500. The van der Waals surface area contributed by atoms with Crippen molar-refractivity contribution in [2.75, 3.05) is 0 Å². The van der Waals surface area contributed by atoms with E-state index in [-0.39, 0.29) is 5.60 Å². The van der Waals surface area contributed by atoms with Gasteiger partial charge in [-0.1, -0.05) is 32.1 Å². The van der Waals surface area contributed by atoms with Crippen LogP contribution in [0.25, 0.3) is 5.57 Å². The second-order valence-electron chi connectivity index (χ2n) is 5.94. The predicted octanol–water partition coefficient (Wildman–Crippen LogP) is 5.02. The Kier molecular flexibility index (Phi) is 4.03. The fourth-order valence-electron chi connectivity index (χ4n) is 1.61. The zero-order valence-electron chi connectivity index (χ0n) is 11.9. The second kappa shape index (κ2) is 4.95. The van der Waals surface area contributed by atoms with Gasteiger partial charge in [0.15, 0.2) is 0 Å². The van der Waals surface area contributed by atoms with Gasteiger partial charge in [0.2, 0.25) is 0 Å². The van der Waals surface area contributed by atoms with Crippen molar-refractivity contribution in [1.82, 2.24) is 0 Å². The van der Waals surface area contributed by atoms with Crippen LogP contribution < -0.4 is 4.74 Å². The molecule has 0 aliphatic carbocycles. The Hall–Kier alpha value is -1.24. The van der Waals surface area contributed by atoms with Gasteiger partial charge in [0, 0.05) is 0 Å². The van der Waals surface area contributed by atoms with Crippen LogP contribution in [0.5, 0.6) is 5.75 Å². The molecule has 0 aromatic heterocycles. The van der Waals surface area contributed by atoms with Crippen LogP contribution in [0.1, 0.15) is 58.6 Å². The van der Waals surface area contributed by atoms with Gasteiger partial charge in [-0.05, 0) is 56.9 Å². The van der Waals surface area contributed by atoms with Crippen LogP contribution >= 0.6 is 0 Å². The molecule has 1 aromatic rings. The topological polar surface area (TPSA) is 9.23 Å². The summed E-state index contributed by atoms with van der Waals surface area (Å²) in [5.41, 5.74) is 3.37. The normalized spacial score (nSPS) is 11.7. The van der Waals surface area contributed by atoms with Gasteiger partial charge in [-0.15, -0.1) is 0 Å². The van der Waals surface area contributed by atoms with Gasteiger partial charge in [-0.3, -0.25) is 0 Å². The highest BCUT2D eigenvalue weighted by molar-refractivity contribution is 5.63. The van der Waals surface area contributed by atoms with Crippen LogP contribution in [0.3, 0.4) is 0 Å². The summed E-state index contributed by atoms with van der Waals surface area (Å²) in [5.74, 6) is 1.43. The van der Waals surface area contributed by atoms with Gasteiger partial charge < -0.3 is 4.74 Å². The van der Waals surface area contributed by atoms with Gasteiger partial charge in [0.25, 0.3) is 0 Å². The average molecular weight is 232 g/mol. The van der Waals surface area contributed by atoms with Crippen LogP contribution in [0, 0.1) is 0 Å². The molecular weight excluding hydrogens is 208 g/mol. The van der Waals surface area contributed by atoms with Crippen molar-refractivity contribution in [3.05, 3.63) is 35.9 Å². The van der Waals surface area contributed by atoms with E-state index in [1.807, 2.05) is 6.92 Å². The average Bonchev–Trinajstić information content (AvgIpc) is 2.14. The Morgan fingerprint density at radius 2 is 1.76 bits per heavy atom. The van der Waals surface area contributed by atoms with E-state index < -0.39 is 0 Å². The highest BCUT2D eigenvalue weighted by atomic mass is 16.5. The molecule has 1 heteroatoms. The molecule has 94 valence electrons. The van der Waals surface area contributed by atoms with Gasteiger partial charge in [0.1, 0.15) is 11.4 Å². The number of hydrogen-bond donors (Lipinski definition) is 0. The first kappa shape index (κ1) is 13.8. The number of rotatable bonds is 3. The fourth-order valence-corrected chi connectivity index (χ4v) is 1.61. The van der Waals surface area contributed by atoms with Crippen molar-refractivity contribution in [3.63, 3.8) is 0 Å². The minimum absolute atomic E-state index is 0.165. The summed E-state index contributed by atoms with van der Waals surface area (Å²) in [6.07, 6.45) is 0. The third-order valence-electron chi connectivity index (χ3n) is 2.51. The van der Waals surface area contributed by atoms with Gasteiger partial charge >= 0.3 is 0 Å². The zero-order valence-corrected chi connectivity index (χ0v) is 11.9. The molecule has 0 N–H and O–H groups in total. The van der Waals surface area contributed by atoms with Gasteiger partial charge in [0.05, 0.1) is 0 Å². The lowest BCUT2D eigenvalue weighted by atomic mass is 9.98. The van der Waals surface area contributed by atoms with E-state index in [1.165, 1.54) is 5.56 Å². The molecule has 0 saturated heterocycles. The largest absolute Gasteiger partial charge is 0.488 e. The maximum Gasteiger partial charge on any atom is 0.120 e. The van der Waals surface area contributed by atoms with Gasteiger partial charge in [-0.2, -0.15) is 0 Å². The van der Waals surface area contributed by atoms with E-state index in [0.717, 1.165) is 16.9 Å². The lowest BCUT2D eigenvalue weighted by molar-refractivity contribution is 0.131. The minimum atomic E-state index is -0.165. The molecule has 0 atom stereocenters. The summed E-state index contributed by atoms with van der Waals surface area (Å²) in [4.78, 5) is 0. The van der Waals surface area contributed by atoms with Crippen LogP contribution in [0.4, 0.5) is 0 Å². The third kappa shape index (κ3) is 4.26. The minimum Gasteiger partial charge on any atom is -0.488 e. The standard InChI is InChI=1S/C16H24O/c1-11(2)13-8-14(12(3)4)10-15(9-13)17-16(5,6)7/h8-10,12H,1H2,2-7H3. The number of hydrogen-bond acceptors (Lipinski definition) is 1. The molecular formula is C16H24O. The molecule has 0 fully saturated rings. The second-order valence-corrected chi connectivity index (χ2v) is 5.94. The van der Waals surface area contributed by atoms with Crippen LogP contribution in [-0.2, 0) is 0 Å². The lowest BCUT2D eigenvalue weighted by Gasteiger charge is -2.23. The van der Waals surface area contributed by atoms with Crippen molar-refractivity contribution in [2.24, 2.45) is 0 Å². The van der Waals surface area contributed by atoms with Crippen molar-refractivity contribution in [2.45, 2.75) is 53.1 Å². The van der Waals surface area contributed by atoms with Crippen molar-refractivity contribution >= 4 is 5.57 Å². The van der Waals surface area contributed by atoms with Crippen molar-refractivity contribution < 1.29 is 4.74 Å². The first-order valence-electron chi connectivity index (χ1n) is 6.19. The molecule has 1 nitrogen and oxygen atoms in total. The van der Waals surface area contributed by atoms with E-state index in [2.05, 4.69) is 59.4 Å². The maximum absolute atomic E-state index is 5.94. The van der Waals surface area contributed by atoms with Crippen molar-refractivity contribution in [3.8, 4) is 5.75 Å². The molecule has 0 bridgehead atoms. The molecule has 0 heterocycles. The molecule has 0 unspecified atom stereocenters. The molecule has 1 rings (SSSR count). The van der Waals surface area contributed by atoms with E-state index in [1.54, 1.807) is 0 Å². The zero-order chi connectivity index (χ0) is 13.2. The van der Waals surface area contributed by atoms with E-state index in [0.29, 0.717) is 5.92 Å². The SMILES string of the molecule is C=C(C)c1cc(OC(C)(C)C)cc(C(C)C)c1. The summed E-state index contributed by atoms with van der Waals surface area (Å²) in [5, 5.41) is 0. The predicted molar refractivity (Wildman–Crippen MR) is 75.6 cm³/mol. The number of ether oxygens (including phenoxy) is 1. The highest BCUT2D eigenvalue weighted by Crippen LogP contribution is 2.28. The molecule has 0 spiro atoms. The summed E-state index contributed by atoms with van der Waals surface area (Å²) in [6.45, 7) is 16.6. The first-order valence-corrected chi connectivity index (χ1v) is 6.19. The van der Waals surface area contributed by atoms with Crippen LogP contribution in [0.15, 0.2) is 24.8 Å². The Labute approximate surface area is 106 Å². The van der Waals surface area contributed by atoms with Gasteiger partial charge in [-0.25, -0.2) is 0 Å². The summed E-state index contributed by atoms with van der Waals surface area (Å²) in [7, 11) is 0. The summed E-state index contributed by atoms with van der Waals surface area (Å²) < 4.78 is 5.94. The highest BCUT2D eigenvalue weighted by Gasteiger charge is 2.13. The molecule has 0 saturated carbocycles. The molecule has 0 radical (unpaired) electrons. The Morgan fingerprint density at radius 1 is 1.18 bits per heavy atom. The number of benzene rings is 1. The third-order valence-corrected chi connectivity index (χ3v) is 2.51. The lowest BCUT2D eigenvalue weighted by Crippen LogP contribution is -2.23. The van der Waals surface area contributed by atoms with Crippen molar-refractivity contribution in [1.29, 1.82) is 0 Å². The first-order chi connectivity index (χ1) is 7.69. The van der Waals surface area contributed by atoms with Crippen LogP contribution in [-0.4, -0.2) is 5.60 Å². The van der Waals surface area contributed by atoms with E-state index in [4.69, 9.17) is 4.74 Å². The Balaban J connectivity index is 3.17. The summed E-state index contributed by atoms with van der Waals surface area (Å²) in [6, 6.07) is 6.39.